The van der Waals surface area contributed by atoms with E-state index in [0.29, 0.717) is 18.7 Å². The molecule has 0 saturated carbocycles. The summed E-state index contributed by atoms with van der Waals surface area (Å²) in [5.41, 5.74) is 1.68. The van der Waals surface area contributed by atoms with Gasteiger partial charge in [-0.05, 0) is 31.9 Å². The van der Waals surface area contributed by atoms with Crippen molar-refractivity contribution in [3.8, 4) is 0 Å². The van der Waals surface area contributed by atoms with E-state index in [1.807, 2.05) is 50.2 Å². The molecule has 1 aromatic carbocycles. The summed E-state index contributed by atoms with van der Waals surface area (Å²) < 4.78 is 5.34. The fraction of sp³-hybridized carbons (Fsp3) is 0.312. The lowest BCUT2D eigenvalue weighted by molar-refractivity contribution is 0.0913. The predicted molar refractivity (Wildman–Crippen MR) is 76.5 cm³/mol. The highest BCUT2D eigenvalue weighted by molar-refractivity contribution is 5.92. The van der Waals surface area contributed by atoms with Gasteiger partial charge in [-0.1, -0.05) is 30.3 Å². The minimum atomic E-state index is -0.573. The van der Waals surface area contributed by atoms with Gasteiger partial charge in [0.1, 0.15) is 5.76 Å². The number of benzene rings is 1. The second kappa shape index (κ2) is 6.39. The van der Waals surface area contributed by atoms with E-state index in [4.69, 9.17) is 4.42 Å². The average Bonchev–Trinajstić information content (AvgIpc) is 2.78. The standard InChI is InChI=1S/C16H19NO3/c1-11-10-12(2)20-15(11)16(19)17-9-8-14(18)13-6-4-3-5-7-13/h3-7,10,14,18H,8-9H2,1-2H3,(H,17,19). The van der Waals surface area contributed by atoms with Crippen LogP contribution in [0.1, 0.15) is 40.0 Å². The van der Waals surface area contributed by atoms with Crippen LogP contribution < -0.4 is 5.32 Å². The SMILES string of the molecule is Cc1cc(C)c(C(=O)NCCC(O)c2ccccc2)o1. The summed E-state index contributed by atoms with van der Waals surface area (Å²) in [5, 5.41) is 12.7. The maximum absolute atomic E-state index is 11.9. The van der Waals surface area contributed by atoms with E-state index in [1.54, 1.807) is 0 Å². The minimum Gasteiger partial charge on any atom is -0.456 e. The Labute approximate surface area is 118 Å². The van der Waals surface area contributed by atoms with Crippen molar-refractivity contribution in [3.63, 3.8) is 0 Å². The van der Waals surface area contributed by atoms with Crippen LogP contribution >= 0.6 is 0 Å². The fourth-order valence-electron chi connectivity index (χ4n) is 2.11. The number of amides is 1. The first-order chi connectivity index (χ1) is 9.58. The maximum Gasteiger partial charge on any atom is 0.287 e. The predicted octanol–water partition coefficient (Wildman–Crippen LogP) is 2.75. The number of rotatable bonds is 5. The largest absolute Gasteiger partial charge is 0.456 e. The van der Waals surface area contributed by atoms with Gasteiger partial charge in [0, 0.05) is 12.1 Å². The molecule has 0 fully saturated rings. The Morgan fingerprint density at radius 3 is 2.60 bits per heavy atom. The van der Waals surface area contributed by atoms with Crippen LogP contribution in [-0.4, -0.2) is 17.6 Å². The molecule has 0 radical (unpaired) electrons. The Bertz CT molecular complexity index is 575. The highest BCUT2D eigenvalue weighted by Crippen LogP contribution is 2.16. The fourth-order valence-corrected chi connectivity index (χ4v) is 2.11. The van der Waals surface area contributed by atoms with Crippen LogP contribution in [-0.2, 0) is 0 Å². The van der Waals surface area contributed by atoms with Crippen LogP contribution in [0.15, 0.2) is 40.8 Å². The molecule has 0 aliphatic heterocycles. The van der Waals surface area contributed by atoms with Crippen molar-refractivity contribution in [3.05, 3.63) is 59.0 Å². The third-order valence-corrected chi connectivity index (χ3v) is 3.13. The molecular weight excluding hydrogens is 254 g/mol. The Morgan fingerprint density at radius 2 is 2.00 bits per heavy atom. The van der Waals surface area contributed by atoms with E-state index in [9.17, 15) is 9.90 Å². The molecule has 1 amide bonds. The number of carbonyl (C=O) groups excluding carboxylic acids is 1. The topological polar surface area (TPSA) is 62.5 Å². The van der Waals surface area contributed by atoms with Crippen LogP contribution in [0.5, 0.6) is 0 Å². The van der Waals surface area contributed by atoms with Gasteiger partial charge >= 0.3 is 0 Å². The normalized spacial score (nSPS) is 12.2. The van der Waals surface area contributed by atoms with Crippen molar-refractivity contribution in [1.29, 1.82) is 0 Å². The van der Waals surface area contributed by atoms with Gasteiger partial charge in [0.2, 0.25) is 0 Å². The van der Waals surface area contributed by atoms with Gasteiger partial charge in [0.05, 0.1) is 6.10 Å². The van der Waals surface area contributed by atoms with Crippen molar-refractivity contribution >= 4 is 5.91 Å². The number of aliphatic hydroxyl groups is 1. The molecule has 2 aromatic rings. The van der Waals surface area contributed by atoms with E-state index >= 15 is 0 Å². The van der Waals surface area contributed by atoms with Gasteiger partial charge in [-0.25, -0.2) is 0 Å². The Morgan fingerprint density at radius 1 is 1.30 bits per heavy atom. The second-order valence-electron chi connectivity index (χ2n) is 4.84. The van der Waals surface area contributed by atoms with Crippen LogP contribution in [0.25, 0.3) is 0 Å². The van der Waals surface area contributed by atoms with Crippen molar-refractivity contribution in [2.45, 2.75) is 26.4 Å². The van der Waals surface area contributed by atoms with E-state index < -0.39 is 6.10 Å². The summed E-state index contributed by atoms with van der Waals surface area (Å²) in [7, 11) is 0. The average molecular weight is 273 g/mol. The summed E-state index contributed by atoms with van der Waals surface area (Å²) >= 11 is 0. The molecule has 0 aliphatic carbocycles. The van der Waals surface area contributed by atoms with E-state index in [-0.39, 0.29) is 5.91 Å². The third-order valence-electron chi connectivity index (χ3n) is 3.13. The lowest BCUT2D eigenvalue weighted by Gasteiger charge is -2.11. The molecule has 0 bridgehead atoms. The first-order valence-corrected chi connectivity index (χ1v) is 6.66. The summed E-state index contributed by atoms with van der Waals surface area (Å²) in [6.07, 6.45) is -0.106. The molecule has 20 heavy (non-hydrogen) atoms. The Balaban J connectivity index is 1.84. The zero-order valence-corrected chi connectivity index (χ0v) is 11.7. The van der Waals surface area contributed by atoms with Gasteiger partial charge in [-0.15, -0.1) is 0 Å². The lowest BCUT2D eigenvalue weighted by atomic mass is 10.1. The summed E-state index contributed by atoms with van der Waals surface area (Å²) in [6.45, 7) is 4.04. The van der Waals surface area contributed by atoms with Crippen LogP contribution in [0.3, 0.4) is 0 Å². The molecule has 106 valence electrons. The highest BCUT2D eigenvalue weighted by atomic mass is 16.3. The van der Waals surface area contributed by atoms with Crippen LogP contribution in [0.4, 0.5) is 0 Å². The molecule has 2 N–H and O–H groups in total. The number of carbonyl (C=O) groups is 1. The molecule has 1 aromatic heterocycles. The van der Waals surface area contributed by atoms with Gasteiger partial charge in [-0.2, -0.15) is 0 Å². The van der Waals surface area contributed by atoms with Crippen LogP contribution in [0.2, 0.25) is 0 Å². The maximum atomic E-state index is 11.9. The van der Waals surface area contributed by atoms with Crippen molar-refractivity contribution in [1.82, 2.24) is 5.32 Å². The monoisotopic (exact) mass is 273 g/mol. The zero-order chi connectivity index (χ0) is 14.5. The molecule has 0 aliphatic rings. The molecule has 1 atom stereocenters. The highest BCUT2D eigenvalue weighted by Gasteiger charge is 2.14. The second-order valence-corrected chi connectivity index (χ2v) is 4.84. The Kier molecular flexibility index (Phi) is 4.58. The number of aryl methyl sites for hydroxylation is 2. The molecule has 0 saturated heterocycles. The third kappa shape index (κ3) is 3.48. The summed E-state index contributed by atoms with van der Waals surface area (Å²) in [5.74, 6) is 0.824. The van der Waals surface area contributed by atoms with Gasteiger partial charge in [0.15, 0.2) is 5.76 Å². The van der Waals surface area contributed by atoms with Gasteiger partial charge in [0.25, 0.3) is 5.91 Å². The molecular formula is C16H19NO3. The molecule has 0 spiro atoms. The molecule has 4 nitrogen and oxygen atoms in total. The first kappa shape index (κ1) is 14.3. The number of hydrogen-bond acceptors (Lipinski definition) is 3. The van der Waals surface area contributed by atoms with Crippen molar-refractivity contribution in [2.75, 3.05) is 6.54 Å². The van der Waals surface area contributed by atoms with E-state index in [2.05, 4.69) is 5.32 Å². The van der Waals surface area contributed by atoms with Gasteiger partial charge < -0.3 is 14.8 Å². The quantitative estimate of drug-likeness (QED) is 0.880. The van der Waals surface area contributed by atoms with Gasteiger partial charge in [-0.3, -0.25) is 4.79 Å². The molecule has 4 heteroatoms. The number of nitrogens with one attached hydrogen (secondary N) is 1. The Hall–Kier alpha value is -2.07. The minimum absolute atomic E-state index is 0.240. The number of aliphatic hydroxyl groups excluding tert-OH is 1. The molecule has 1 unspecified atom stereocenters. The summed E-state index contributed by atoms with van der Waals surface area (Å²) in [4.78, 5) is 11.9. The smallest absolute Gasteiger partial charge is 0.287 e. The number of furan rings is 1. The zero-order valence-electron chi connectivity index (χ0n) is 11.7. The van der Waals surface area contributed by atoms with E-state index in [1.165, 1.54) is 0 Å². The lowest BCUT2D eigenvalue weighted by Crippen LogP contribution is -2.25. The molecule has 2 rings (SSSR count). The van der Waals surface area contributed by atoms with Crippen LogP contribution in [0, 0.1) is 13.8 Å². The van der Waals surface area contributed by atoms with Crippen molar-refractivity contribution in [2.24, 2.45) is 0 Å². The number of hydrogen-bond donors (Lipinski definition) is 2. The summed E-state index contributed by atoms with van der Waals surface area (Å²) in [6, 6.07) is 11.2. The van der Waals surface area contributed by atoms with E-state index in [0.717, 1.165) is 16.9 Å². The molecule has 1 heterocycles. The van der Waals surface area contributed by atoms with Crippen molar-refractivity contribution < 1.29 is 14.3 Å². The first-order valence-electron chi connectivity index (χ1n) is 6.66.